The predicted molar refractivity (Wildman–Crippen MR) is 78.3 cm³/mol. The number of aromatic nitrogens is 2. The number of aryl methyl sites for hydroxylation is 1. The predicted octanol–water partition coefficient (Wildman–Crippen LogP) is 2.47. The Labute approximate surface area is 121 Å². The van der Waals surface area contributed by atoms with E-state index < -0.39 is 0 Å². The Kier molecular flexibility index (Phi) is 4.74. The summed E-state index contributed by atoms with van der Waals surface area (Å²) >= 11 is 7.38. The zero-order chi connectivity index (χ0) is 13.8. The molecule has 0 aliphatic heterocycles. The molecule has 0 saturated heterocycles. The van der Waals surface area contributed by atoms with Crippen molar-refractivity contribution in [1.82, 2.24) is 9.78 Å². The number of halogens is 1. The van der Waals surface area contributed by atoms with Gasteiger partial charge in [0.05, 0.1) is 12.6 Å². The maximum Gasteiger partial charge on any atom is 0.203 e. The molecule has 2 rings (SSSR count). The minimum Gasteiger partial charge on any atom is -0.394 e. The Balaban J connectivity index is 2.38. The van der Waals surface area contributed by atoms with E-state index in [-0.39, 0.29) is 12.6 Å². The van der Waals surface area contributed by atoms with Gasteiger partial charge in [0, 0.05) is 17.6 Å². The largest absolute Gasteiger partial charge is 0.394 e. The molecule has 0 aliphatic rings. The van der Waals surface area contributed by atoms with Crippen molar-refractivity contribution >= 4 is 22.9 Å². The van der Waals surface area contributed by atoms with E-state index in [2.05, 4.69) is 10.1 Å². The lowest BCUT2D eigenvalue weighted by molar-refractivity contribution is 0.261. The SMILES string of the molecule is CC[C@@H](CO)/N=c1/sc(-c2ccc(Cl)cc2)nn1C. The summed E-state index contributed by atoms with van der Waals surface area (Å²) < 4.78 is 1.74. The molecule has 0 saturated carbocycles. The fraction of sp³-hybridized carbons (Fsp3) is 0.385. The van der Waals surface area contributed by atoms with Crippen LogP contribution in [0.15, 0.2) is 29.3 Å². The summed E-state index contributed by atoms with van der Waals surface area (Å²) in [6, 6.07) is 7.50. The molecule has 0 radical (unpaired) electrons. The third kappa shape index (κ3) is 3.43. The van der Waals surface area contributed by atoms with Crippen LogP contribution in [0.3, 0.4) is 0 Å². The standard InChI is InChI=1S/C13H16ClN3OS/c1-3-11(8-18)15-13-17(2)16-12(19-13)9-4-6-10(14)7-5-9/h4-7,11,18H,3,8H2,1-2H3/b15-13+/t11-/m0/s1. The molecule has 1 aromatic carbocycles. The van der Waals surface area contributed by atoms with Crippen LogP contribution in [-0.2, 0) is 7.05 Å². The molecule has 1 atom stereocenters. The van der Waals surface area contributed by atoms with E-state index in [0.29, 0.717) is 5.02 Å². The van der Waals surface area contributed by atoms with E-state index in [4.69, 9.17) is 11.6 Å². The molecular weight excluding hydrogens is 282 g/mol. The zero-order valence-electron chi connectivity index (χ0n) is 10.9. The van der Waals surface area contributed by atoms with Gasteiger partial charge in [-0.25, -0.2) is 4.68 Å². The van der Waals surface area contributed by atoms with Gasteiger partial charge in [0.15, 0.2) is 0 Å². The highest BCUT2D eigenvalue weighted by Gasteiger charge is 2.07. The van der Waals surface area contributed by atoms with E-state index in [1.54, 1.807) is 4.68 Å². The fourth-order valence-electron chi connectivity index (χ4n) is 1.59. The Morgan fingerprint density at radius 2 is 2.11 bits per heavy atom. The Bertz CT molecular complexity index is 599. The molecule has 6 heteroatoms. The number of rotatable bonds is 4. The van der Waals surface area contributed by atoms with Crippen molar-refractivity contribution in [3.8, 4) is 10.6 Å². The third-order valence-electron chi connectivity index (χ3n) is 2.77. The summed E-state index contributed by atoms with van der Waals surface area (Å²) in [5, 5.41) is 15.3. The smallest absolute Gasteiger partial charge is 0.203 e. The van der Waals surface area contributed by atoms with Gasteiger partial charge in [0.25, 0.3) is 0 Å². The number of hydrogen-bond donors (Lipinski definition) is 1. The molecule has 19 heavy (non-hydrogen) atoms. The Morgan fingerprint density at radius 1 is 1.42 bits per heavy atom. The average Bonchev–Trinajstić information content (AvgIpc) is 2.78. The second-order valence-corrected chi connectivity index (χ2v) is 5.59. The first-order chi connectivity index (χ1) is 9.13. The van der Waals surface area contributed by atoms with Crippen LogP contribution < -0.4 is 4.80 Å². The van der Waals surface area contributed by atoms with E-state index in [9.17, 15) is 5.11 Å². The molecule has 2 aromatic rings. The van der Waals surface area contributed by atoms with Gasteiger partial charge in [-0.3, -0.25) is 4.99 Å². The first-order valence-electron chi connectivity index (χ1n) is 6.08. The van der Waals surface area contributed by atoms with Gasteiger partial charge in [0.2, 0.25) is 4.80 Å². The normalized spacial score (nSPS) is 13.8. The van der Waals surface area contributed by atoms with Crippen molar-refractivity contribution in [2.75, 3.05) is 6.61 Å². The molecule has 102 valence electrons. The van der Waals surface area contributed by atoms with Gasteiger partial charge in [-0.15, -0.1) is 0 Å². The molecule has 0 bridgehead atoms. The maximum absolute atomic E-state index is 9.20. The summed E-state index contributed by atoms with van der Waals surface area (Å²) in [4.78, 5) is 5.31. The van der Waals surface area contributed by atoms with Crippen molar-refractivity contribution in [3.63, 3.8) is 0 Å². The molecule has 0 aliphatic carbocycles. The Hall–Kier alpha value is -1.17. The van der Waals surface area contributed by atoms with Crippen LogP contribution in [-0.4, -0.2) is 27.5 Å². The lowest BCUT2D eigenvalue weighted by Gasteiger charge is -2.02. The summed E-state index contributed by atoms with van der Waals surface area (Å²) in [7, 11) is 1.86. The quantitative estimate of drug-likeness (QED) is 0.942. The first-order valence-corrected chi connectivity index (χ1v) is 7.28. The van der Waals surface area contributed by atoms with Crippen LogP contribution in [0.25, 0.3) is 10.6 Å². The molecule has 1 N–H and O–H groups in total. The van der Waals surface area contributed by atoms with Crippen molar-refractivity contribution in [2.45, 2.75) is 19.4 Å². The van der Waals surface area contributed by atoms with Crippen LogP contribution >= 0.6 is 22.9 Å². The van der Waals surface area contributed by atoms with Crippen molar-refractivity contribution < 1.29 is 5.11 Å². The first kappa shape index (κ1) is 14.2. The van der Waals surface area contributed by atoms with E-state index >= 15 is 0 Å². The van der Waals surface area contributed by atoms with Gasteiger partial charge in [-0.2, -0.15) is 5.10 Å². The van der Waals surface area contributed by atoms with Gasteiger partial charge in [-0.05, 0) is 18.6 Å². The highest BCUT2D eigenvalue weighted by Crippen LogP contribution is 2.21. The molecule has 0 unspecified atom stereocenters. The third-order valence-corrected chi connectivity index (χ3v) is 4.09. The van der Waals surface area contributed by atoms with Crippen LogP contribution in [0.2, 0.25) is 5.02 Å². The summed E-state index contributed by atoms with van der Waals surface area (Å²) in [5.41, 5.74) is 1.02. The lowest BCUT2D eigenvalue weighted by atomic mass is 10.2. The van der Waals surface area contributed by atoms with Gasteiger partial charge >= 0.3 is 0 Å². The molecule has 1 aromatic heterocycles. The van der Waals surface area contributed by atoms with Gasteiger partial charge in [-0.1, -0.05) is 42.0 Å². The van der Waals surface area contributed by atoms with Crippen LogP contribution in [0.4, 0.5) is 0 Å². The monoisotopic (exact) mass is 297 g/mol. The summed E-state index contributed by atoms with van der Waals surface area (Å²) in [6.07, 6.45) is 0.810. The fourth-order valence-corrected chi connectivity index (χ4v) is 2.68. The van der Waals surface area contributed by atoms with Gasteiger partial charge in [0.1, 0.15) is 5.01 Å². The molecular formula is C13H16ClN3OS. The average molecular weight is 298 g/mol. The van der Waals surface area contributed by atoms with Crippen LogP contribution in [0.5, 0.6) is 0 Å². The lowest BCUT2D eigenvalue weighted by Crippen LogP contribution is -2.18. The van der Waals surface area contributed by atoms with Crippen LogP contribution in [0, 0.1) is 0 Å². The number of benzene rings is 1. The Morgan fingerprint density at radius 3 is 2.68 bits per heavy atom. The maximum atomic E-state index is 9.20. The van der Waals surface area contributed by atoms with E-state index in [1.165, 1.54) is 11.3 Å². The molecule has 1 heterocycles. The second-order valence-electron chi connectivity index (χ2n) is 4.19. The molecule has 0 fully saturated rings. The van der Waals surface area contributed by atoms with Crippen LogP contribution in [0.1, 0.15) is 13.3 Å². The molecule has 0 spiro atoms. The number of aliphatic hydroxyl groups excluding tert-OH is 1. The van der Waals surface area contributed by atoms with Crippen molar-refractivity contribution in [1.29, 1.82) is 0 Å². The van der Waals surface area contributed by atoms with Crippen molar-refractivity contribution in [2.24, 2.45) is 12.0 Å². The summed E-state index contributed by atoms with van der Waals surface area (Å²) in [6.45, 7) is 2.07. The zero-order valence-corrected chi connectivity index (χ0v) is 12.4. The van der Waals surface area contributed by atoms with Gasteiger partial charge < -0.3 is 5.11 Å². The molecule has 0 amide bonds. The number of nitrogens with zero attached hydrogens (tertiary/aromatic N) is 3. The highest BCUT2D eigenvalue weighted by molar-refractivity contribution is 7.12. The topological polar surface area (TPSA) is 50.4 Å². The number of aliphatic hydroxyl groups is 1. The summed E-state index contributed by atoms with van der Waals surface area (Å²) in [5.74, 6) is 0. The minimum atomic E-state index is -0.0651. The second kappa shape index (κ2) is 6.32. The van der Waals surface area contributed by atoms with E-state index in [0.717, 1.165) is 21.8 Å². The highest BCUT2D eigenvalue weighted by atomic mass is 35.5. The minimum absolute atomic E-state index is 0.0602. The number of hydrogen-bond acceptors (Lipinski definition) is 4. The molecule has 4 nitrogen and oxygen atoms in total. The van der Waals surface area contributed by atoms with E-state index in [1.807, 2.05) is 38.2 Å². The van der Waals surface area contributed by atoms with Crippen molar-refractivity contribution in [3.05, 3.63) is 34.1 Å².